The van der Waals surface area contributed by atoms with Crippen LogP contribution in [0.15, 0.2) is 47.4 Å². The molecule has 2 rings (SSSR count). The van der Waals surface area contributed by atoms with Crippen molar-refractivity contribution in [2.75, 3.05) is 17.1 Å². The Hall–Kier alpha value is -1.79. The van der Waals surface area contributed by atoms with Crippen molar-refractivity contribution in [1.29, 1.82) is 0 Å². The predicted molar refractivity (Wildman–Crippen MR) is 78.2 cm³/mol. The fourth-order valence-corrected chi connectivity index (χ4v) is 3.12. The third kappa shape index (κ3) is 3.02. The van der Waals surface area contributed by atoms with E-state index in [0.717, 1.165) is 6.07 Å². The first kappa shape index (κ1) is 14.6. The van der Waals surface area contributed by atoms with Gasteiger partial charge >= 0.3 is 0 Å². The lowest BCUT2D eigenvalue weighted by Gasteiger charge is -2.12. The zero-order valence-electron chi connectivity index (χ0n) is 10.5. The molecule has 0 spiro atoms. The van der Waals surface area contributed by atoms with Crippen molar-refractivity contribution < 1.29 is 12.8 Å². The van der Waals surface area contributed by atoms with Crippen LogP contribution >= 0.6 is 11.6 Å². The molecule has 2 aromatic rings. The highest BCUT2D eigenvalue weighted by molar-refractivity contribution is 7.92. The summed E-state index contributed by atoms with van der Waals surface area (Å²) in [6, 6.07) is 10.1. The second kappa shape index (κ2) is 5.68. The lowest BCUT2D eigenvalue weighted by Crippen LogP contribution is -2.14. The summed E-state index contributed by atoms with van der Waals surface area (Å²) in [5.41, 5.74) is 0.663. The molecule has 4 nitrogen and oxygen atoms in total. The molecule has 0 aliphatic heterocycles. The highest BCUT2D eigenvalue weighted by atomic mass is 35.5. The molecule has 0 fully saturated rings. The van der Waals surface area contributed by atoms with E-state index >= 15 is 0 Å². The Kier molecular flexibility index (Phi) is 4.15. The Morgan fingerprint density at radius 2 is 1.85 bits per heavy atom. The summed E-state index contributed by atoms with van der Waals surface area (Å²) < 4.78 is 40.0. The predicted octanol–water partition coefficient (Wildman–Crippen LogP) is 3.32. The highest BCUT2D eigenvalue weighted by Crippen LogP contribution is 2.25. The highest BCUT2D eigenvalue weighted by Gasteiger charge is 2.18. The first-order valence-corrected chi connectivity index (χ1v) is 7.55. The van der Waals surface area contributed by atoms with E-state index in [4.69, 9.17) is 11.6 Å². The lowest BCUT2D eigenvalue weighted by atomic mass is 10.3. The van der Waals surface area contributed by atoms with Gasteiger partial charge in [0, 0.05) is 7.05 Å². The van der Waals surface area contributed by atoms with Crippen LogP contribution < -0.4 is 10.0 Å². The second-order valence-electron chi connectivity index (χ2n) is 3.98. The summed E-state index contributed by atoms with van der Waals surface area (Å²) in [6.07, 6.45) is 0. The van der Waals surface area contributed by atoms with Gasteiger partial charge in [-0.3, -0.25) is 4.72 Å². The molecule has 20 heavy (non-hydrogen) atoms. The minimum atomic E-state index is -3.78. The molecule has 0 amide bonds. The summed E-state index contributed by atoms with van der Waals surface area (Å²) >= 11 is 5.63. The van der Waals surface area contributed by atoms with Gasteiger partial charge < -0.3 is 5.32 Å². The van der Waals surface area contributed by atoms with Crippen LogP contribution in [0.3, 0.4) is 0 Å². The van der Waals surface area contributed by atoms with Crippen molar-refractivity contribution in [3.63, 3.8) is 0 Å². The first-order valence-electron chi connectivity index (χ1n) is 5.68. The number of halogens is 2. The van der Waals surface area contributed by atoms with Crippen molar-refractivity contribution in [1.82, 2.24) is 0 Å². The molecule has 2 aromatic carbocycles. The van der Waals surface area contributed by atoms with E-state index in [1.165, 1.54) is 18.2 Å². The molecular formula is C13H12ClFN2O2S. The standard InChI is InChI=1S/C13H12ClFN2O2S/c1-16-12-4-2-3-5-13(12)20(18,19)17-9-6-7-11(15)10(14)8-9/h2-8,16-17H,1H3. The Morgan fingerprint density at radius 3 is 2.50 bits per heavy atom. The zero-order chi connectivity index (χ0) is 14.8. The van der Waals surface area contributed by atoms with Crippen LogP contribution in [0.4, 0.5) is 15.8 Å². The molecule has 0 bridgehead atoms. The van der Waals surface area contributed by atoms with Gasteiger partial charge in [-0.1, -0.05) is 23.7 Å². The van der Waals surface area contributed by atoms with E-state index in [1.54, 1.807) is 25.2 Å². The molecule has 0 aliphatic carbocycles. The minimum absolute atomic E-state index is 0.1000. The van der Waals surface area contributed by atoms with Crippen LogP contribution in [0.5, 0.6) is 0 Å². The van der Waals surface area contributed by atoms with E-state index < -0.39 is 15.8 Å². The number of hydrogen-bond donors (Lipinski definition) is 2. The van der Waals surface area contributed by atoms with Gasteiger partial charge in [0.15, 0.2) is 0 Å². The maximum Gasteiger partial charge on any atom is 0.263 e. The summed E-state index contributed by atoms with van der Waals surface area (Å²) in [6.45, 7) is 0. The monoisotopic (exact) mass is 314 g/mol. The molecule has 0 aromatic heterocycles. The number of hydrogen-bond acceptors (Lipinski definition) is 3. The molecule has 0 unspecified atom stereocenters. The molecule has 0 aliphatic rings. The summed E-state index contributed by atoms with van der Waals surface area (Å²) in [7, 11) is -2.15. The average molecular weight is 315 g/mol. The Morgan fingerprint density at radius 1 is 1.15 bits per heavy atom. The van der Waals surface area contributed by atoms with Gasteiger partial charge in [-0.25, -0.2) is 12.8 Å². The third-order valence-electron chi connectivity index (χ3n) is 2.62. The molecule has 0 atom stereocenters. The van der Waals surface area contributed by atoms with Crippen LogP contribution in [0.25, 0.3) is 0 Å². The number of para-hydroxylation sites is 1. The van der Waals surface area contributed by atoms with E-state index in [-0.39, 0.29) is 15.6 Å². The van der Waals surface area contributed by atoms with Crippen molar-refractivity contribution >= 4 is 33.0 Å². The van der Waals surface area contributed by atoms with Crippen LogP contribution in [-0.2, 0) is 10.0 Å². The van der Waals surface area contributed by atoms with Crippen molar-refractivity contribution in [3.8, 4) is 0 Å². The molecule has 2 N–H and O–H groups in total. The van der Waals surface area contributed by atoms with E-state index in [2.05, 4.69) is 10.0 Å². The van der Waals surface area contributed by atoms with Gasteiger partial charge in [0.05, 0.1) is 16.4 Å². The van der Waals surface area contributed by atoms with Gasteiger partial charge in [-0.2, -0.15) is 0 Å². The average Bonchev–Trinajstić information content (AvgIpc) is 2.42. The fraction of sp³-hybridized carbons (Fsp3) is 0.0769. The fourth-order valence-electron chi connectivity index (χ4n) is 1.68. The largest absolute Gasteiger partial charge is 0.387 e. The molecule has 0 saturated heterocycles. The molecule has 0 saturated carbocycles. The molecule has 0 radical (unpaired) electrons. The summed E-state index contributed by atoms with van der Waals surface area (Å²) in [4.78, 5) is 0.1000. The van der Waals surface area contributed by atoms with Gasteiger partial charge in [-0.15, -0.1) is 0 Å². The van der Waals surface area contributed by atoms with E-state index in [9.17, 15) is 12.8 Å². The molecule has 7 heteroatoms. The Balaban J connectivity index is 2.38. The van der Waals surface area contributed by atoms with Crippen LogP contribution in [-0.4, -0.2) is 15.5 Å². The van der Waals surface area contributed by atoms with Gasteiger partial charge in [-0.05, 0) is 30.3 Å². The van der Waals surface area contributed by atoms with Crippen molar-refractivity contribution in [2.24, 2.45) is 0 Å². The third-order valence-corrected chi connectivity index (χ3v) is 4.35. The van der Waals surface area contributed by atoms with Crippen LogP contribution in [0, 0.1) is 5.82 Å². The maximum absolute atomic E-state index is 13.1. The van der Waals surface area contributed by atoms with E-state index in [1.807, 2.05) is 0 Å². The van der Waals surface area contributed by atoms with Crippen molar-refractivity contribution in [2.45, 2.75) is 4.90 Å². The summed E-state index contributed by atoms with van der Waals surface area (Å²) in [5.74, 6) is -0.606. The minimum Gasteiger partial charge on any atom is -0.387 e. The molecule has 106 valence electrons. The number of anilines is 2. The van der Waals surface area contributed by atoms with Crippen LogP contribution in [0.2, 0.25) is 5.02 Å². The number of rotatable bonds is 4. The van der Waals surface area contributed by atoms with Crippen LogP contribution in [0.1, 0.15) is 0 Å². The molecular weight excluding hydrogens is 303 g/mol. The molecule has 0 heterocycles. The van der Waals surface area contributed by atoms with Gasteiger partial charge in [0.25, 0.3) is 10.0 Å². The number of nitrogens with one attached hydrogen (secondary N) is 2. The Bertz CT molecular complexity index is 735. The zero-order valence-corrected chi connectivity index (χ0v) is 12.1. The van der Waals surface area contributed by atoms with Gasteiger partial charge in [0.1, 0.15) is 10.7 Å². The van der Waals surface area contributed by atoms with Gasteiger partial charge in [0.2, 0.25) is 0 Å². The first-order chi connectivity index (χ1) is 9.44. The van der Waals surface area contributed by atoms with E-state index in [0.29, 0.717) is 5.69 Å². The number of benzene rings is 2. The maximum atomic E-state index is 13.1. The number of sulfonamides is 1. The Labute approximate surface area is 121 Å². The second-order valence-corrected chi connectivity index (χ2v) is 6.04. The smallest absolute Gasteiger partial charge is 0.263 e. The normalized spacial score (nSPS) is 11.2. The SMILES string of the molecule is CNc1ccccc1S(=O)(=O)Nc1ccc(F)c(Cl)c1. The topological polar surface area (TPSA) is 58.2 Å². The summed E-state index contributed by atoms with van der Waals surface area (Å²) in [5, 5.41) is 2.66. The lowest BCUT2D eigenvalue weighted by molar-refractivity contribution is 0.601. The van der Waals surface area contributed by atoms with Crippen molar-refractivity contribution in [3.05, 3.63) is 53.3 Å². The quantitative estimate of drug-likeness (QED) is 0.910.